The predicted octanol–water partition coefficient (Wildman–Crippen LogP) is 3.31. The molecule has 0 aliphatic carbocycles. The molecule has 2 fully saturated rings. The summed E-state index contributed by atoms with van der Waals surface area (Å²) in [6.07, 6.45) is 6.06. The lowest BCUT2D eigenvalue weighted by molar-refractivity contribution is 0.194. The Morgan fingerprint density at radius 2 is 1.44 bits per heavy atom. The summed E-state index contributed by atoms with van der Waals surface area (Å²) in [7, 11) is 0. The third kappa shape index (κ3) is 4.80. The average Bonchev–Trinajstić information content (AvgIpc) is 3.20. The van der Waals surface area contributed by atoms with E-state index in [1.165, 1.54) is 50.1 Å². The van der Waals surface area contributed by atoms with Crippen molar-refractivity contribution >= 4 is 17.4 Å². The number of amides is 2. The molecule has 2 saturated heterocycles. The lowest BCUT2D eigenvalue weighted by atomic mass is 10.2. The predicted molar refractivity (Wildman–Crippen MR) is 105 cm³/mol. The Morgan fingerprint density at radius 1 is 0.880 bits per heavy atom. The van der Waals surface area contributed by atoms with E-state index in [1.807, 2.05) is 4.90 Å². The van der Waals surface area contributed by atoms with E-state index in [2.05, 4.69) is 46.3 Å². The number of carbonyl (C=O) groups excluding carboxylic acids is 1. The van der Waals surface area contributed by atoms with Crippen molar-refractivity contribution in [2.24, 2.45) is 0 Å². The van der Waals surface area contributed by atoms with Gasteiger partial charge in [-0.1, -0.05) is 19.8 Å². The molecular formula is C20H32N4O. The van der Waals surface area contributed by atoms with Crippen LogP contribution in [0.1, 0.15) is 39.0 Å². The highest BCUT2D eigenvalue weighted by Crippen LogP contribution is 2.24. The second kappa shape index (κ2) is 8.97. The number of unbranched alkanes of at least 4 members (excludes halogenated alkanes) is 2. The molecule has 1 aromatic carbocycles. The van der Waals surface area contributed by atoms with Crippen molar-refractivity contribution in [2.45, 2.75) is 39.0 Å². The van der Waals surface area contributed by atoms with Gasteiger partial charge in [-0.2, -0.15) is 0 Å². The zero-order valence-corrected chi connectivity index (χ0v) is 15.5. The van der Waals surface area contributed by atoms with E-state index >= 15 is 0 Å². The molecule has 0 spiro atoms. The first kappa shape index (κ1) is 17.9. The summed E-state index contributed by atoms with van der Waals surface area (Å²) in [5, 5.41) is 3.04. The van der Waals surface area contributed by atoms with Gasteiger partial charge in [-0.05, 0) is 43.5 Å². The number of piperazine rings is 1. The smallest absolute Gasteiger partial charge is 0.317 e. The molecule has 0 radical (unpaired) electrons. The number of rotatable bonds is 6. The van der Waals surface area contributed by atoms with Crippen molar-refractivity contribution in [3.05, 3.63) is 24.3 Å². The summed E-state index contributed by atoms with van der Waals surface area (Å²) in [6.45, 7) is 8.76. The Labute approximate surface area is 152 Å². The van der Waals surface area contributed by atoms with Crippen LogP contribution in [-0.4, -0.2) is 56.7 Å². The highest BCUT2D eigenvalue weighted by Gasteiger charge is 2.21. The molecule has 1 N–H and O–H groups in total. The monoisotopic (exact) mass is 344 g/mol. The van der Waals surface area contributed by atoms with Gasteiger partial charge in [0.15, 0.2) is 0 Å². The Balaban J connectivity index is 1.44. The quantitative estimate of drug-likeness (QED) is 0.805. The normalized spacial score (nSPS) is 17.9. The number of nitrogens with one attached hydrogen (secondary N) is 1. The van der Waals surface area contributed by atoms with Crippen molar-refractivity contribution in [1.82, 2.24) is 10.2 Å². The Kier molecular flexibility index (Phi) is 6.42. The average molecular weight is 345 g/mol. The van der Waals surface area contributed by atoms with Gasteiger partial charge < -0.3 is 20.0 Å². The van der Waals surface area contributed by atoms with E-state index in [0.29, 0.717) is 0 Å². The van der Waals surface area contributed by atoms with Crippen LogP contribution in [0, 0.1) is 0 Å². The van der Waals surface area contributed by atoms with Crippen LogP contribution in [0.3, 0.4) is 0 Å². The van der Waals surface area contributed by atoms with Crippen molar-refractivity contribution in [3.63, 3.8) is 0 Å². The minimum absolute atomic E-state index is 0.0973. The van der Waals surface area contributed by atoms with Gasteiger partial charge >= 0.3 is 6.03 Å². The maximum Gasteiger partial charge on any atom is 0.317 e. The van der Waals surface area contributed by atoms with Crippen molar-refractivity contribution < 1.29 is 4.79 Å². The molecule has 3 rings (SSSR count). The molecule has 0 bridgehead atoms. The summed E-state index contributed by atoms with van der Waals surface area (Å²) in [6, 6.07) is 9.04. The summed E-state index contributed by atoms with van der Waals surface area (Å²) in [4.78, 5) is 19.0. The molecule has 2 aliphatic rings. The van der Waals surface area contributed by atoms with Crippen LogP contribution in [0.2, 0.25) is 0 Å². The molecule has 1 aromatic rings. The van der Waals surface area contributed by atoms with Gasteiger partial charge in [0.1, 0.15) is 0 Å². The van der Waals surface area contributed by atoms with E-state index in [-0.39, 0.29) is 6.03 Å². The van der Waals surface area contributed by atoms with Crippen molar-refractivity contribution in [3.8, 4) is 0 Å². The highest BCUT2D eigenvalue weighted by atomic mass is 16.2. The van der Waals surface area contributed by atoms with E-state index in [4.69, 9.17) is 0 Å². The molecule has 5 nitrogen and oxygen atoms in total. The Hall–Kier alpha value is -1.91. The summed E-state index contributed by atoms with van der Waals surface area (Å²) < 4.78 is 0. The van der Waals surface area contributed by atoms with Crippen LogP contribution >= 0.6 is 0 Å². The van der Waals surface area contributed by atoms with Crippen LogP contribution in [0.4, 0.5) is 16.2 Å². The third-order valence-corrected chi connectivity index (χ3v) is 5.31. The molecule has 2 amide bonds. The number of anilines is 2. The first-order chi connectivity index (χ1) is 12.3. The second-order valence-electron chi connectivity index (χ2n) is 7.12. The zero-order chi connectivity index (χ0) is 17.5. The molecule has 0 atom stereocenters. The second-order valence-corrected chi connectivity index (χ2v) is 7.12. The van der Waals surface area contributed by atoms with E-state index in [1.54, 1.807) is 0 Å². The lowest BCUT2D eigenvalue weighted by Crippen LogP contribution is -2.52. The minimum atomic E-state index is 0.0973. The van der Waals surface area contributed by atoms with Crippen LogP contribution in [0.25, 0.3) is 0 Å². The number of benzene rings is 1. The molecule has 0 unspecified atom stereocenters. The summed E-state index contributed by atoms with van der Waals surface area (Å²) in [5.74, 6) is 0. The fourth-order valence-corrected chi connectivity index (χ4v) is 3.70. The first-order valence-corrected chi connectivity index (χ1v) is 9.90. The van der Waals surface area contributed by atoms with E-state index in [9.17, 15) is 4.79 Å². The van der Waals surface area contributed by atoms with Gasteiger partial charge in [0.2, 0.25) is 0 Å². The Bertz CT molecular complexity index is 531. The maximum absolute atomic E-state index is 12.2. The zero-order valence-electron chi connectivity index (χ0n) is 15.5. The van der Waals surface area contributed by atoms with Crippen LogP contribution in [0.15, 0.2) is 24.3 Å². The molecule has 2 aliphatic heterocycles. The largest absolute Gasteiger partial charge is 0.372 e. The van der Waals surface area contributed by atoms with Crippen LogP contribution < -0.4 is 15.1 Å². The topological polar surface area (TPSA) is 38.8 Å². The molecule has 0 aromatic heterocycles. The highest BCUT2D eigenvalue weighted by molar-refractivity contribution is 5.74. The summed E-state index contributed by atoms with van der Waals surface area (Å²) in [5.41, 5.74) is 2.61. The third-order valence-electron chi connectivity index (χ3n) is 5.31. The van der Waals surface area contributed by atoms with Gasteiger partial charge in [0, 0.05) is 57.2 Å². The standard InChI is InChI=1S/C20H32N4O/c1-2-3-4-11-21-20(25)24-16-14-23(15-17-24)19-9-7-18(8-10-19)22-12-5-6-13-22/h7-10H,2-6,11-17H2,1H3,(H,21,25). The number of hydrogen-bond donors (Lipinski definition) is 1. The van der Waals surface area contributed by atoms with Crippen molar-refractivity contribution in [2.75, 3.05) is 55.6 Å². The molecule has 138 valence electrons. The number of urea groups is 1. The van der Waals surface area contributed by atoms with Crippen LogP contribution in [0.5, 0.6) is 0 Å². The maximum atomic E-state index is 12.2. The number of hydrogen-bond acceptors (Lipinski definition) is 3. The fraction of sp³-hybridized carbons (Fsp3) is 0.650. The molecule has 25 heavy (non-hydrogen) atoms. The van der Waals surface area contributed by atoms with Gasteiger partial charge in [-0.3, -0.25) is 0 Å². The minimum Gasteiger partial charge on any atom is -0.372 e. The number of nitrogens with zero attached hydrogens (tertiary/aromatic N) is 3. The van der Waals surface area contributed by atoms with Gasteiger partial charge in [-0.25, -0.2) is 4.79 Å². The van der Waals surface area contributed by atoms with E-state index < -0.39 is 0 Å². The first-order valence-electron chi connectivity index (χ1n) is 9.90. The SMILES string of the molecule is CCCCCNC(=O)N1CCN(c2ccc(N3CCCC3)cc2)CC1. The van der Waals surface area contributed by atoms with Gasteiger partial charge in [0.05, 0.1) is 0 Å². The Morgan fingerprint density at radius 3 is 2.00 bits per heavy atom. The van der Waals surface area contributed by atoms with Gasteiger partial charge in [0.25, 0.3) is 0 Å². The van der Waals surface area contributed by atoms with E-state index in [0.717, 1.165) is 39.1 Å². The lowest BCUT2D eigenvalue weighted by Gasteiger charge is -2.36. The molecular weight excluding hydrogens is 312 g/mol. The fourth-order valence-electron chi connectivity index (χ4n) is 3.70. The molecule has 0 saturated carbocycles. The molecule has 5 heteroatoms. The summed E-state index contributed by atoms with van der Waals surface area (Å²) >= 11 is 0. The van der Waals surface area contributed by atoms with Crippen molar-refractivity contribution in [1.29, 1.82) is 0 Å². The van der Waals surface area contributed by atoms with Crippen LogP contribution in [-0.2, 0) is 0 Å². The number of carbonyl (C=O) groups is 1. The molecule has 2 heterocycles. The van der Waals surface area contributed by atoms with Gasteiger partial charge in [-0.15, -0.1) is 0 Å².